The monoisotopic (exact) mass is 161 g/mol. The molecule has 7 heavy (non-hydrogen) atoms. The summed E-state index contributed by atoms with van der Waals surface area (Å²) in [6.07, 6.45) is 1.49. The van der Waals surface area contributed by atoms with Gasteiger partial charge in [-0.15, -0.1) is 0 Å². The molecule has 1 aliphatic rings. The van der Waals surface area contributed by atoms with E-state index in [0.717, 1.165) is 13.2 Å². The minimum Gasteiger partial charge on any atom is -0.482 e. The molecule has 1 unspecified atom stereocenters. The zero-order chi connectivity index (χ0) is 3.54. The standard InChI is InChI=1S/C3H5NO.Fe.H3P/c1-2-5-3-4-1;;/h3H,1-2H2;;1H3. The van der Waals surface area contributed by atoms with Crippen LogP contribution < -0.4 is 0 Å². The minimum atomic E-state index is 0. The summed E-state index contributed by atoms with van der Waals surface area (Å²) in [5, 5.41) is 0. The summed E-state index contributed by atoms with van der Waals surface area (Å²) in [7, 11) is 0. The number of hydrogen-bond acceptors (Lipinski definition) is 2. The average molecular weight is 161 g/mol. The third kappa shape index (κ3) is 4.27. The zero-order valence-electron chi connectivity index (χ0n) is 3.91. The van der Waals surface area contributed by atoms with E-state index in [1.54, 1.807) is 0 Å². The molecule has 0 aromatic carbocycles. The van der Waals surface area contributed by atoms with Crippen LogP contribution >= 0.6 is 9.90 Å². The first-order valence-electron chi connectivity index (χ1n) is 1.60. The molecule has 0 fully saturated rings. The molecule has 1 atom stereocenters. The van der Waals surface area contributed by atoms with E-state index in [2.05, 4.69) is 9.73 Å². The van der Waals surface area contributed by atoms with Gasteiger partial charge in [-0.3, -0.25) is 4.99 Å². The van der Waals surface area contributed by atoms with E-state index < -0.39 is 0 Å². The second-order valence-electron chi connectivity index (χ2n) is 0.882. The summed E-state index contributed by atoms with van der Waals surface area (Å²) in [6.45, 7) is 1.62. The van der Waals surface area contributed by atoms with Crippen LogP contribution in [0.2, 0.25) is 0 Å². The molecule has 0 N–H and O–H groups in total. The van der Waals surface area contributed by atoms with E-state index in [0.29, 0.717) is 0 Å². The van der Waals surface area contributed by atoms with Gasteiger partial charge in [-0.25, -0.2) is 0 Å². The van der Waals surface area contributed by atoms with E-state index in [-0.39, 0.29) is 27.0 Å². The Kier molecular flexibility index (Phi) is 9.55. The topological polar surface area (TPSA) is 21.6 Å². The Labute approximate surface area is 56.8 Å². The normalized spacial score (nSPS) is 13.7. The fraction of sp³-hybridized carbons (Fsp3) is 0.667. The Balaban J connectivity index is 0. The van der Waals surface area contributed by atoms with Crippen molar-refractivity contribution in [1.29, 1.82) is 0 Å². The van der Waals surface area contributed by atoms with Crippen LogP contribution in [0.3, 0.4) is 0 Å². The van der Waals surface area contributed by atoms with Gasteiger partial charge in [-0.05, 0) is 0 Å². The molecule has 1 heterocycles. The van der Waals surface area contributed by atoms with Crippen LogP contribution in [0.1, 0.15) is 0 Å². The molecule has 0 aromatic heterocycles. The first kappa shape index (κ1) is 10.4. The molecule has 1 aliphatic heterocycles. The van der Waals surface area contributed by atoms with Crippen molar-refractivity contribution in [3.63, 3.8) is 0 Å². The molecular weight excluding hydrogens is 153 g/mol. The molecule has 44 valence electrons. The molecule has 0 spiro atoms. The van der Waals surface area contributed by atoms with Crippen LogP contribution in [-0.2, 0) is 21.8 Å². The Morgan fingerprint density at radius 3 is 2.43 bits per heavy atom. The molecule has 0 bridgehead atoms. The van der Waals surface area contributed by atoms with Crippen LogP contribution in [0.15, 0.2) is 4.99 Å². The van der Waals surface area contributed by atoms with Crippen molar-refractivity contribution in [2.45, 2.75) is 0 Å². The van der Waals surface area contributed by atoms with Gasteiger partial charge in [0.15, 0.2) is 6.40 Å². The van der Waals surface area contributed by atoms with Gasteiger partial charge in [0, 0.05) is 17.1 Å². The van der Waals surface area contributed by atoms with Crippen LogP contribution in [0.5, 0.6) is 0 Å². The quantitative estimate of drug-likeness (QED) is 0.364. The number of aliphatic imine (C=N–C) groups is 1. The van der Waals surface area contributed by atoms with Gasteiger partial charge in [0.05, 0.1) is 6.54 Å². The molecule has 4 heteroatoms. The second-order valence-corrected chi connectivity index (χ2v) is 0.882. The average Bonchev–Trinajstić information content (AvgIpc) is 1.76. The summed E-state index contributed by atoms with van der Waals surface area (Å²) in [4.78, 5) is 3.74. The van der Waals surface area contributed by atoms with Crippen LogP contribution in [-0.4, -0.2) is 19.6 Å². The Morgan fingerprint density at radius 1 is 1.57 bits per heavy atom. The largest absolute Gasteiger partial charge is 0.482 e. The molecule has 0 saturated carbocycles. The summed E-state index contributed by atoms with van der Waals surface area (Å²) >= 11 is 0. The molecule has 2 nitrogen and oxygen atoms in total. The van der Waals surface area contributed by atoms with Gasteiger partial charge >= 0.3 is 0 Å². The summed E-state index contributed by atoms with van der Waals surface area (Å²) in [5.41, 5.74) is 0. The first-order chi connectivity index (χ1) is 2.50. The van der Waals surface area contributed by atoms with Crippen molar-refractivity contribution >= 4 is 16.3 Å². The maximum Gasteiger partial charge on any atom is 0.169 e. The summed E-state index contributed by atoms with van der Waals surface area (Å²) in [6, 6.07) is 0. The number of ether oxygens (including phenoxy) is 1. The first-order valence-corrected chi connectivity index (χ1v) is 1.60. The van der Waals surface area contributed by atoms with E-state index >= 15 is 0 Å². The minimum absolute atomic E-state index is 0. The second kappa shape index (κ2) is 6.42. The van der Waals surface area contributed by atoms with Crippen LogP contribution in [0.4, 0.5) is 0 Å². The van der Waals surface area contributed by atoms with E-state index in [1.807, 2.05) is 0 Å². The van der Waals surface area contributed by atoms with Gasteiger partial charge in [0.1, 0.15) is 6.61 Å². The van der Waals surface area contributed by atoms with Gasteiger partial charge in [-0.1, -0.05) is 0 Å². The molecule has 0 saturated heterocycles. The van der Waals surface area contributed by atoms with Gasteiger partial charge in [0.2, 0.25) is 0 Å². The van der Waals surface area contributed by atoms with E-state index in [1.165, 1.54) is 6.40 Å². The fourth-order valence-electron chi connectivity index (χ4n) is 0.264. The van der Waals surface area contributed by atoms with Crippen molar-refractivity contribution in [3.05, 3.63) is 0 Å². The summed E-state index contributed by atoms with van der Waals surface area (Å²) < 4.78 is 4.65. The SMILES string of the molecule is C1=NCCO1.P.[Fe]. The number of hydrogen-bond donors (Lipinski definition) is 0. The maximum absolute atomic E-state index is 4.65. The van der Waals surface area contributed by atoms with E-state index in [9.17, 15) is 0 Å². The van der Waals surface area contributed by atoms with Gasteiger partial charge < -0.3 is 4.74 Å². The van der Waals surface area contributed by atoms with Crippen molar-refractivity contribution in [1.82, 2.24) is 0 Å². The third-order valence-corrected chi connectivity index (χ3v) is 0.487. The third-order valence-electron chi connectivity index (χ3n) is 0.487. The molecule has 0 aliphatic carbocycles. The predicted molar refractivity (Wildman–Crippen MR) is 30.4 cm³/mol. The zero-order valence-corrected chi connectivity index (χ0v) is 6.43. The Hall–Kier alpha value is 0.419. The number of nitrogens with zero attached hydrogens (tertiary/aromatic N) is 1. The van der Waals surface area contributed by atoms with Crippen molar-refractivity contribution in [3.8, 4) is 0 Å². The number of rotatable bonds is 0. The van der Waals surface area contributed by atoms with Crippen LogP contribution in [0.25, 0.3) is 0 Å². The van der Waals surface area contributed by atoms with Gasteiger partial charge in [-0.2, -0.15) is 9.90 Å². The molecule has 0 aromatic rings. The molecule has 0 amide bonds. The Morgan fingerprint density at radius 2 is 2.29 bits per heavy atom. The summed E-state index contributed by atoms with van der Waals surface area (Å²) in [5.74, 6) is 0. The maximum atomic E-state index is 4.65. The fourth-order valence-corrected chi connectivity index (χ4v) is 0.264. The van der Waals surface area contributed by atoms with E-state index in [4.69, 9.17) is 0 Å². The van der Waals surface area contributed by atoms with Crippen molar-refractivity contribution < 1.29 is 21.8 Å². The van der Waals surface area contributed by atoms with Crippen LogP contribution in [0, 0.1) is 0 Å². The molecule has 0 radical (unpaired) electrons. The molecular formula is C3H8FeNOP. The van der Waals surface area contributed by atoms with Crippen molar-refractivity contribution in [2.24, 2.45) is 4.99 Å². The van der Waals surface area contributed by atoms with Crippen molar-refractivity contribution in [2.75, 3.05) is 13.2 Å². The predicted octanol–water partition coefficient (Wildman–Crippen LogP) is 0.100. The van der Waals surface area contributed by atoms with Gasteiger partial charge in [0.25, 0.3) is 0 Å². The Bertz CT molecular complexity index is 52.9. The molecule has 1 rings (SSSR count). The smallest absolute Gasteiger partial charge is 0.169 e.